The van der Waals surface area contributed by atoms with Crippen molar-refractivity contribution in [3.05, 3.63) is 161 Å². The minimum atomic E-state index is -0.709. The maximum absolute atomic E-state index is 15.1. The van der Waals surface area contributed by atoms with E-state index in [4.69, 9.17) is 11.6 Å². The summed E-state index contributed by atoms with van der Waals surface area (Å²) in [6.07, 6.45) is 3.68. The van der Waals surface area contributed by atoms with Crippen molar-refractivity contribution in [3.8, 4) is 0 Å². The fourth-order valence-electron chi connectivity index (χ4n) is 4.88. The lowest BCUT2D eigenvalue weighted by Gasteiger charge is -2.39. The van der Waals surface area contributed by atoms with Crippen LogP contribution in [0.5, 0.6) is 0 Å². The molecule has 1 unspecified atom stereocenters. The lowest BCUT2D eigenvalue weighted by Crippen LogP contribution is -2.38. The average Bonchev–Trinajstić information content (AvgIpc) is 3.38. The SMILES string of the molecule is CC(c1cccc(Cl)c1F)c1cncn1C(c1ccccc1)(c1ccccc1)c1ccccc1. The van der Waals surface area contributed by atoms with E-state index in [0.29, 0.717) is 5.56 Å². The molecule has 0 amide bonds. The van der Waals surface area contributed by atoms with E-state index in [1.807, 2.05) is 74.0 Å². The Labute approximate surface area is 204 Å². The molecule has 5 aromatic rings. The molecule has 1 aromatic heterocycles. The van der Waals surface area contributed by atoms with E-state index in [-0.39, 0.29) is 10.9 Å². The second kappa shape index (κ2) is 9.28. The molecule has 2 nitrogen and oxygen atoms in total. The highest BCUT2D eigenvalue weighted by atomic mass is 35.5. The zero-order valence-corrected chi connectivity index (χ0v) is 19.5. The summed E-state index contributed by atoms with van der Waals surface area (Å²) in [7, 11) is 0. The van der Waals surface area contributed by atoms with Gasteiger partial charge in [-0.05, 0) is 28.3 Å². The number of aromatic nitrogens is 2. The predicted molar refractivity (Wildman–Crippen MR) is 136 cm³/mol. The van der Waals surface area contributed by atoms with Crippen LogP contribution < -0.4 is 0 Å². The Kier molecular flexibility index (Phi) is 6.04. The normalized spacial score (nSPS) is 12.4. The highest BCUT2D eigenvalue weighted by Crippen LogP contribution is 2.43. The van der Waals surface area contributed by atoms with Gasteiger partial charge in [-0.3, -0.25) is 0 Å². The number of hydrogen-bond donors (Lipinski definition) is 0. The van der Waals surface area contributed by atoms with Crippen molar-refractivity contribution in [3.63, 3.8) is 0 Å². The first-order chi connectivity index (χ1) is 16.6. The minimum absolute atomic E-state index is 0.121. The van der Waals surface area contributed by atoms with Gasteiger partial charge in [0.1, 0.15) is 11.4 Å². The Morgan fingerprint density at radius 3 is 1.74 bits per heavy atom. The van der Waals surface area contributed by atoms with Crippen molar-refractivity contribution in [1.29, 1.82) is 0 Å². The molecule has 34 heavy (non-hydrogen) atoms. The van der Waals surface area contributed by atoms with Crippen LogP contribution in [-0.4, -0.2) is 9.55 Å². The first-order valence-corrected chi connectivity index (χ1v) is 11.6. The van der Waals surface area contributed by atoms with Crippen molar-refractivity contribution in [2.75, 3.05) is 0 Å². The van der Waals surface area contributed by atoms with Crippen LogP contribution >= 0.6 is 11.6 Å². The van der Waals surface area contributed by atoms with Crippen LogP contribution in [0, 0.1) is 5.82 Å². The molecular weight excluding hydrogens is 443 g/mol. The summed E-state index contributed by atoms with van der Waals surface area (Å²) in [5.74, 6) is -0.675. The van der Waals surface area contributed by atoms with Crippen LogP contribution in [0.1, 0.15) is 40.8 Å². The average molecular weight is 467 g/mol. The fraction of sp³-hybridized carbons (Fsp3) is 0.100. The number of imidazole rings is 1. The molecule has 1 heterocycles. The summed E-state index contributed by atoms with van der Waals surface area (Å²) >= 11 is 6.14. The van der Waals surface area contributed by atoms with E-state index < -0.39 is 11.4 Å². The third-order valence-corrected chi connectivity index (χ3v) is 6.79. The van der Waals surface area contributed by atoms with Crippen molar-refractivity contribution in [2.24, 2.45) is 0 Å². The minimum Gasteiger partial charge on any atom is -0.315 e. The smallest absolute Gasteiger partial charge is 0.145 e. The van der Waals surface area contributed by atoms with E-state index >= 15 is 4.39 Å². The van der Waals surface area contributed by atoms with Gasteiger partial charge in [0.2, 0.25) is 0 Å². The van der Waals surface area contributed by atoms with Gasteiger partial charge in [-0.25, -0.2) is 9.37 Å². The van der Waals surface area contributed by atoms with Crippen LogP contribution in [0.3, 0.4) is 0 Å². The van der Waals surface area contributed by atoms with Crippen LogP contribution in [0.25, 0.3) is 0 Å². The van der Waals surface area contributed by atoms with Gasteiger partial charge in [0.05, 0.1) is 11.3 Å². The Hall–Kier alpha value is -3.69. The van der Waals surface area contributed by atoms with Crippen LogP contribution in [-0.2, 0) is 5.54 Å². The van der Waals surface area contributed by atoms with Gasteiger partial charge in [0.15, 0.2) is 0 Å². The monoisotopic (exact) mass is 466 g/mol. The third kappa shape index (κ3) is 3.63. The molecule has 0 aliphatic carbocycles. The predicted octanol–water partition coefficient (Wildman–Crippen LogP) is 7.67. The first-order valence-electron chi connectivity index (χ1n) is 11.3. The molecule has 1 atom stereocenters. The molecular formula is C30H24ClFN2. The Bertz CT molecular complexity index is 1280. The zero-order valence-electron chi connectivity index (χ0n) is 18.8. The summed E-state index contributed by atoms with van der Waals surface area (Å²) in [4.78, 5) is 4.57. The molecule has 0 fully saturated rings. The van der Waals surface area contributed by atoms with Gasteiger partial charge in [-0.2, -0.15) is 0 Å². The Morgan fingerprint density at radius 1 is 0.735 bits per heavy atom. The zero-order chi connectivity index (χ0) is 23.5. The summed E-state index contributed by atoms with van der Waals surface area (Å²) in [5.41, 5.74) is 3.98. The summed E-state index contributed by atoms with van der Waals surface area (Å²) in [5, 5.41) is 0.121. The second-order valence-corrected chi connectivity index (χ2v) is 8.77. The maximum atomic E-state index is 15.1. The van der Waals surface area contributed by atoms with Crippen LogP contribution in [0.2, 0.25) is 5.02 Å². The molecule has 4 heteroatoms. The highest BCUT2D eigenvalue weighted by molar-refractivity contribution is 6.30. The van der Waals surface area contributed by atoms with Gasteiger partial charge in [0.25, 0.3) is 0 Å². The summed E-state index contributed by atoms with van der Waals surface area (Å²) < 4.78 is 17.3. The number of nitrogens with zero attached hydrogens (tertiary/aromatic N) is 2. The summed E-state index contributed by atoms with van der Waals surface area (Å²) in [6, 6.07) is 36.3. The molecule has 0 aliphatic rings. The van der Waals surface area contributed by atoms with Crippen molar-refractivity contribution < 1.29 is 4.39 Å². The molecule has 4 aromatic carbocycles. The van der Waals surface area contributed by atoms with Gasteiger partial charge in [-0.15, -0.1) is 0 Å². The lowest BCUT2D eigenvalue weighted by atomic mass is 9.76. The van der Waals surface area contributed by atoms with E-state index in [1.165, 1.54) is 0 Å². The van der Waals surface area contributed by atoms with Crippen molar-refractivity contribution in [2.45, 2.75) is 18.4 Å². The quantitative estimate of drug-likeness (QED) is 0.235. The Balaban J connectivity index is 1.84. The van der Waals surface area contributed by atoms with E-state index in [2.05, 4.69) is 45.9 Å². The second-order valence-electron chi connectivity index (χ2n) is 8.36. The number of benzene rings is 4. The van der Waals surface area contributed by atoms with E-state index in [9.17, 15) is 0 Å². The third-order valence-electron chi connectivity index (χ3n) is 6.49. The van der Waals surface area contributed by atoms with E-state index in [1.54, 1.807) is 18.2 Å². The standard InChI is InChI=1S/C30H24ClFN2/c1-22(26-18-11-19-27(31)29(26)32)28-20-33-21-34(28)30(23-12-5-2-6-13-23,24-14-7-3-8-15-24)25-16-9-4-10-17-25/h2-22H,1H3. The Morgan fingerprint density at radius 2 is 1.24 bits per heavy atom. The lowest BCUT2D eigenvalue weighted by molar-refractivity contribution is 0.486. The van der Waals surface area contributed by atoms with Crippen molar-refractivity contribution in [1.82, 2.24) is 9.55 Å². The molecule has 0 bridgehead atoms. The molecule has 0 saturated carbocycles. The summed E-state index contributed by atoms with van der Waals surface area (Å²) in [6.45, 7) is 1.99. The molecule has 0 N–H and O–H groups in total. The maximum Gasteiger partial charge on any atom is 0.145 e. The van der Waals surface area contributed by atoms with Crippen LogP contribution in [0.4, 0.5) is 4.39 Å². The van der Waals surface area contributed by atoms with Crippen LogP contribution in [0.15, 0.2) is 122 Å². The number of rotatable bonds is 6. The molecule has 0 aliphatic heterocycles. The molecule has 0 saturated heterocycles. The van der Waals surface area contributed by atoms with Gasteiger partial charge in [-0.1, -0.05) is 122 Å². The van der Waals surface area contributed by atoms with Crippen molar-refractivity contribution >= 4 is 11.6 Å². The number of halogens is 2. The van der Waals surface area contributed by atoms with Gasteiger partial charge in [0, 0.05) is 17.8 Å². The molecule has 168 valence electrons. The van der Waals surface area contributed by atoms with Gasteiger partial charge >= 0.3 is 0 Å². The first kappa shape index (κ1) is 22.1. The molecule has 5 rings (SSSR count). The topological polar surface area (TPSA) is 17.8 Å². The fourth-order valence-corrected chi connectivity index (χ4v) is 5.06. The largest absolute Gasteiger partial charge is 0.315 e. The van der Waals surface area contributed by atoms with Gasteiger partial charge < -0.3 is 4.57 Å². The van der Waals surface area contributed by atoms with E-state index in [0.717, 1.165) is 22.4 Å². The molecule has 0 spiro atoms. The highest BCUT2D eigenvalue weighted by Gasteiger charge is 2.40. The molecule has 0 radical (unpaired) electrons. The number of hydrogen-bond acceptors (Lipinski definition) is 1.